The number of hydrogen-bond acceptors (Lipinski definition) is 3. The smallest absolute Gasteiger partial charge is 0.132 e. The van der Waals surface area contributed by atoms with Crippen LogP contribution in [0.2, 0.25) is 0 Å². The van der Waals surface area contributed by atoms with Crippen LogP contribution in [0.15, 0.2) is 18.5 Å². The number of hydrogen-bond donors (Lipinski definition) is 1. The van der Waals surface area contributed by atoms with Crippen LogP contribution in [0.4, 0.5) is 0 Å². The summed E-state index contributed by atoms with van der Waals surface area (Å²) in [5, 5.41) is 3.41. The van der Waals surface area contributed by atoms with E-state index in [0.29, 0.717) is 12.0 Å². The molecule has 0 radical (unpaired) electrons. The van der Waals surface area contributed by atoms with Crippen LogP contribution in [-0.4, -0.2) is 22.6 Å². The summed E-state index contributed by atoms with van der Waals surface area (Å²) in [6, 6.07) is 2.29. The Hall–Kier alpha value is -0.960. The first-order chi connectivity index (χ1) is 6.79. The van der Waals surface area contributed by atoms with E-state index in [1.54, 1.807) is 0 Å². The lowest BCUT2D eigenvalue weighted by atomic mass is 9.97. The molecule has 78 valence electrons. The second-order valence-electron chi connectivity index (χ2n) is 3.47. The van der Waals surface area contributed by atoms with Crippen molar-refractivity contribution in [3.8, 4) is 0 Å². The van der Waals surface area contributed by atoms with Crippen molar-refractivity contribution < 1.29 is 0 Å². The Morgan fingerprint density at radius 3 is 2.43 bits per heavy atom. The Morgan fingerprint density at radius 1 is 1.29 bits per heavy atom. The number of likely N-dealkylation sites (N-methyl/N-ethyl adjacent to an activating group) is 1. The fraction of sp³-hybridized carbons (Fsp3) is 0.636. The molecular formula is C11H19N3. The van der Waals surface area contributed by atoms with Crippen molar-refractivity contribution in [1.82, 2.24) is 15.3 Å². The van der Waals surface area contributed by atoms with Gasteiger partial charge in [0, 0.05) is 24.4 Å². The summed E-state index contributed by atoms with van der Waals surface area (Å²) in [6.45, 7) is 7.47. The Labute approximate surface area is 86.0 Å². The third-order valence-electron chi connectivity index (χ3n) is 2.49. The maximum atomic E-state index is 4.30. The standard InChI is InChI=1S/C11H19N3/c1-4-10(9(3)12-5-2)11-13-7-6-8-14-11/h6-10,12H,4-5H2,1-3H3. The Bertz CT molecular complexity index is 248. The van der Waals surface area contributed by atoms with Gasteiger partial charge in [-0.2, -0.15) is 0 Å². The van der Waals surface area contributed by atoms with Gasteiger partial charge in [-0.3, -0.25) is 0 Å². The minimum atomic E-state index is 0.413. The predicted molar refractivity (Wildman–Crippen MR) is 58.2 cm³/mol. The van der Waals surface area contributed by atoms with Crippen LogP contribution in [-0.2, 0) is 0 Å². The fourth-order valence-electron chi connectivity index (χ4n) is 1.73. The summed E-state index contributed by atoms with van der Waals surface area (Å²) in [5.41, 5.74) is 0. The molecule has 0 saturated heterocycles. The molecule has 14 heavy (non-hydrogen) atoms. The number of rotatable bonds is 5. The lowest BCUT2D eigenvalue weighted by molar-refractivity contribution is 0.444. The van der Waals surface area contributed by atoms with E-state index in [2.05, 4.69) is 36.1 Å². The highest BCUT2D eigenvalue weighted by atomic mass is 14.9. The summed E-state index contributed by atoms with van der Waals surface area (Å²) < 4.78 is 0. The summed E-state index contributed by atoms with van der Waals surface area (Å²) in [4.78, 5) is 8.60. The molecule has 0 fully saturated rings. The maximum Gasteiger partial charge on any atom is 0.132 e. The highest BCUT2D eigenvalue weighted by Gasteiger charge is 2.18. The van der Waals surface area contributed by atoms with Crippen molar-refractivity contribution in [2.24, 2.45) is 0 Å². The van der Waals surface area contributed by atoms with E-state index in [9.17, 15) is 0 Å². The number of nitrogens with one attached hydrogen (secondary N) is 1. The van der Waals surface area contributed by atoms with E-state index in [1.165, 1.54) is 0 Å². The van der Waals surface area contributed by atoms with E-state index in [0.717, 1.165) is 18.8 Å². The summed E-state index contributed by atoms with van der Waals surface area (Å²) in [7, 11) is 0. The maximum absolute atomic E-state index is 4.30. The van der Waals surface area contributed by atoms with Crippen molar-refractivity contribution in [1.29, 1.82) is 0 Å². The lowest BCUT2D eigenvalue weighted by Gasteiger charge is -2.21. The first-order valence-electron chi connectivity index (χ1n) is 5.29. The van der Waals surface area contributed by atoms with Crippen LogP contribution in [0.5, 0.6) is 0 Å². The Kier molecular flexibility index (Phi) is 4.53. The van der Waals surface area contributed by atoms with Crippen molar-refractivity contribution >= 4 is 0 Å². The van der Waals surface area contributed by atoms with Gasteiger partial charge in [-0.1, -0.05) is 13.8 Å². The molecule has 0 bridgehead atoms. The van der Waals surface area contributed by atoms with Gasteiger partial charge in [0.15, 0.2) is 0 Å². The normalized spacial score (nSPS) is 15.1. The largest absolute Gasteiger partial charge is 0.314 e. The van der Waals surface area contributed by atoms with Crippen molar-refractivity contribution in [2.75, 3.05) is 6.54 Å². The summed E-state index contributed by atoms with van der Waals surface area (Å²) >= 11 is 0. The molecule has 0 aliphatic rings. The van der Waals surface area contributed by atoms with Gasteiger partial charge in [-0.25, -0.2) is 9.97 Å². The number of aromatic nitrogens is 2. The van der Waals surface area contributed by atoms with Gasteiger partial charge >= 0.3 is 0 Å². The monoisotopic (exact) mass is 193 g/mol. The minimum absolute atomic E-state index is 0.413. The molecule has 2 unspecified atom stereocenters. The van der Waals surface area contributed by atoms with Crippen LogP contribution in [0.1, 0.15) is 38.9 Å². The predicted octanol–water partition coefficient (Wildman–Crippen LogP) is 1.97. The average Bonchev–Trinajstić information content (AvgIpc) is 2.21. The van der Waals surface area contributed by atoms with Crippen LogP contribution < -0.4 is 5.32 Å². The third kappa shape index (κ3) is 2.77. The lowest BCUT2D eigenvalue weighted by Crippen LogP contribution is -2.32. The topological polar surface area (TPSA) is 37.8 Å². The molecule has 1 N–H and O–H groups in total. The number of nitrogens with zero attached hydrogens (tertiary/aromatic N) is 2. The van der Waals surface area contributed by atoms with E-state index < -0.39 is 0 Å². The molecule has 1 aromatic heterocycles. The van der Waals surface area contributed by atoms with Crippen LogP contribution in [0.25, 0.3) is 0 Å². The molecule has 1 rings (SSSR count). The van der Waals surface area contributed by atoms with E-state index in [4.69, 9.17) is 0 Å². The van der Waals surface area contributed by atoms with Gasteiger partial charge < -0.3 is 5.32 Å². The van der Waals surface area contributed by atoms with Crippen molar-refractivity contribution in [2.45, 2.75) is 39.2 Å². The molecule has 0 amide bonds. The van der Waals surface area contributed by atoms with Gasteiger partial charge in [-0.15, -0.1) is 0 Å². The van der Waals surface area contributed by atoms with E-state index in [-0.39, 0.29) is 0 Å². The molecule has 3 heteroatoms. The van der Waals surface area contributed by atoms with E-state index >= 15 is 0 Å². The molecule has 0 aliphatic carbocycles. The quantitative estimate of drug-likeness (QED) is 0.777. The Balaban J connectivity index is 2.71. The molecule has 1 heterocycles. The second-order valence-corrected chi connectivity index (χ2v) is 3.47. The van der Waals surface area contributed by atoms with Gasteiger partial charge in [0.25, 0.3) is 0 Å². The average molecular weight is 193 g/mol. The highest BCUT2D eigenvalue weighted by molar-refractivity contribution is 5.00. The second kappa shape index (κ2) is 5.70. The fourth-order valence-corrected chi connectivity index (χ4v) is 1.73. The van der Waals surface area contributed by atoms with Crippen LogP contribution in [0.3, 0.4) is 0 Å². The molecule has 0 spiro atoms. The summed E-state index contributed by atoms with van der Waals surface area (Å²) in [5.74, 6) is 1.36. The zero-order chi connectivity index (χ0) is 10.4. The molecule has 3 nitrogen and oxygen atoms in total. The molecular weight excluding hydrogens is 174 g/mol. The molecule has 1 aromatic rings. The Morgan fingerprint density at radius 2 is 1.93 bits per heavy atom. The van der Waals surface area contributed by atoms with Crippen molar-refractivity contribution in [3.63, 3.8) is 0 Å². The molecule has 0 aliphatic heterocycles. The third-order valence-corrected chi connectivity index (χ3v) is 2.49. The van der Waals surface area contributed by atoms with E-state index in [1.807, 2.05) is 18.5 Å². The van der Waals surface area contributed by atoms with Crippen LogP contribution >= 0.6 is 0 Å². The molecule has 0 aromatic carbocycles. The minimum Gasteiger partial charge on any atom is -0.314 e. The van der Waals surface area contributed by atoms with Crippen LogP contribution in [0, 0.1) is 0 Å². The SMILES string of the molecule is CCNC(C)C(CC)c1ncccn1. The first kappa shape index (κ1) is 11.1. The summed E-state index contributed by atoms with van der Waals surface area (Å²) in [6.07, 6.45) is 4.69. The van der Waals surface area contributed by atoms with Crippen molar-refractivity contribution in [3.05, 3.63) is 24.3 Å². The van der Waals surface area contributed by atoms with Gasteiger partial charge in [0.1, 0.15) is 5.82 Å². The van der Waals surface area contributed by atoms with Gasteiger partial charge in [0.05, 0.1) is 0 Å². The van der Waals surface area contributed by atoms with Gasteiger partial charge in [0.2, 0.25) is 0 Å². The zero-order valence-electron chi connectivity index (χ0n) is 9.20. The van der Waals surface area contributed by atoms with Gasteiger partial charge in [-0.05, 0) is 26.0 Å². The molecule has 2 atom stereocenters. The molecule has 0 saturated carbocycles. The highest BCUT2D eigenvalue weighted by Crippen LogP contribution is 2.18. The zero-order valence-corrected chi connectivity index (χ0v) is 9.20. The first-order valence-corrected chi connectivity index (χ1v) is 5.29.